The third-order valence-corrected chi connectivity index (χ3v) is 15.9. The molecule has 1 aliphatic rings. The SMILES string of the molecule is CC1(c2ccccc2)c2ccccc2-c2ccc(N(c3ccc(-c4ccc(-c5cccc6ccccc56)cc4)cc3)c3cccc(-c4ccc5c(c4)c(-c4ccccc4)c(-c4ccccc4)c4ccccc45)c3)cc21. The predicted octanol–water partition coefficient (Wildman–Crippen LogP) is 20.3. The molecule has 0 saturated carbocycles. The summed E-state index contributed by atoms with van der Waals surface area (Å²) in [5, 5.41) is 7.51. The van der Waals surface area contributed by atoms with E-state index < -0.39 is 0 Å². The van der Waals surface area contributed by atoms with E-state index >= 15 is 0 Å². The second-order valence-corrected chi connectivity index (χ2v) is 20.1. The molecule has 0 spiro atoms. The van der Waals surface area contributed by atoms with Crippen molar-refractivity contribution < 1.29 is 0 Å². The van der Waals surface area contributed by atoms with Gasteiger partial charge < -0.3 is 4.90 Å². The van der Waals surface area contributed by atoms with Crippen LogP contribution in [0, 0.1) is 0 Å². The molecular formula is C74H51N. The highest BCUT2D eigenvalue weighted by atomic mass is 15.1. The fraction of sp³-hybridized carbons (Fsp3) is 0.0270. The second kappa shape index (κ2) is 18.2. The van der Waals surface area contributed by atoms with E-state index in [4.69, 9.17) is 0 Å². The normalized spacial score (nSPS) is 13.7. The van der Waals surface area contributed by atoms with Crippen molar-refractivity contribution in [1.29, 1.82) is 0 Å². The van der Waals surface area contributed by atoms with E-state index in [0.29, 0.717) is 0 Å². The van der Waals surface area contributed by atoms with Crippen LogP contribution in [0.3, 0.4) is 0 Å². The minimum atomic E-state index is -0.344. The average Bonchev–Trinajstić information content (AvgIpc) is 3.75. The molecule has 14 rings (SSSR count). The summed E-state index contributed by atoms with van der Waals surface area (Å²) >= 11 is 0. The summed E-state index contributed by atoms with van der Waals surface area (Å²) in [5.74, 6) is 0. The van der Waals surface area contributed by atoms with E-state index in [-0.39, 0.29) is 5.41 Å². The number of fused-ring (bicyclic) bond motifs is 7. The Hall–Kier alpha value is -9.56. The van der Waals surface area contributed by atoms with Crippen LogP contribution in [0.1, 0.15) is 23.6 Å². The molecule has 0 radical (unpaired) electrons. The molecule has 0 N–H and O–H groups in total. The number of benzene rings is 13. The van der Waals surface area contributed by atoms with Crippen LogP contribution in [0.25, 0.3) is 99.1 Å². The van der Waals surface area contributed by atoms with Crippen molar-refractivity contribution in [3.05, 3.63) is 308 Å². The van der Waals surface area contributed by atoms with Crippen molar-refractivity contribution in [2.75, 3.05) is 4.90 Å². The molecule has 0 bridgehead atoms. The summed E-state index contributed by atoms with van der Waals surface area (Å²) in [6.07, 6.45) is 0. The molecule has 1 aliphatic carbocycles. The van der Waals surface area contributed by atoms with Crippen molar-refractivity contribution >= 4 is 49.4 Å². The number of nitrogens with zero attached hydrogens (tertiary/aromatic N) is 1. The summed E-state index contributed by atoms with van der Waals surface area (Å²) < 4.78 is 0. The molecule has 13 aromatic carbocycles. The van der Waals surface area contributed by atoms with E-state index in [1.165, 1.54) is 110 Å². The van der Waals surface area contributed by atoms with Gasteiger partial charge in [0.1, 0.15) is 0 Å². The molecule has 1 nitrogen and oxygen atoms in total. The van der Waals surface area contributed by atoms with Gasteiger partial charge in [-0.05, 0) is 165 Å². The first-order valence-corrected chi connectivity index (χ1v) is 26.1. The topological polar surface area (TPSA) is 3.24 Å². The molecule has 0 amide bonds. The summed E-state index contributed by atoms with van der Waals surface area (Å²) in [4.78, 5) is 2.45. The maximum absolute atomic E-state index is 2.45. The molecule has 0 saturated heterocycles. The van der Waals surface area contributed by atoms with Gasteiger partial charge >= 0.3 is 0 Å². The van der Waals surface area contributed by atoms with Crippen LogP contribution >= 0.6 is 0 Å². The predicted molar refractivity (Wildman–Crippen MR) is 318 cm³/mol. The van der Waals surface area contributed by atoms with Crippen LogP contribution in [-0.4, -0.2) is 0 Å². The Bertz CT molecular complexity index is 4270. The fourth-order valence-corrected chi connectivity index (χ4v) is 12.3. The quantitative estimate of drug-likeness (QED) is 0.130. The summed E-state index contributed by atoms with van der Waals surface area (Å²) in [6, 6.07) is 107. The van der Waals surface area contributed by atoms with Crippen LogP contribution in [0.4, 0.5) is 17.1 Å². The van der Waals surface area contributed by atoms with Crippen LogP contribution in [-0.2, 0) is 5.41 Å². The molecule has 13 aromatic rings. The average molecular weight is 954 g/mol. The monoisotopic (exact) mass is 953 g/mol. The lowest BCUT2D eigenvalue weighted by molar-refractivity contribution is 0.714. The first kappa shape index (κ1) is 44.2. The lowest BCUT2D eigenvalue weighted by Crippen LogP contribution is -2.22. The van der Waals surface area contributed by atoms with Crippen LogP contribution in [0.5, 0.6) is 0 Å². The Labute approximate surface area is 438 Å². The van der Waals surface area contributed by atoms with Crippen LogP contribution < -0.4 is 4.90 Å². The number of anilines is 3. The van der Waals surface area contributed by atoms with E-state index in [0.717, 1.165) is 22.6 Å². The van der Waals surface area contributed by atoms with E-state index in [1.54, 1.807) is 0 Å². The molecule has 0 aromatic heterocycles. The standard InChI is InChI=1S/C74H51N/c1-74(58-26-9-4-10-27-58)70-34-16-15-31-66(70)67-46-44-61(49-71(67)74)75(59-42-39-51(40-43-59)50-35-37-53(38-36-50)63-33-18-24-52-19-11-12-29-62(52)63)60-28-17-25-56(47-60)57-41-45-65-64-30-13-14-32-68(64)72(54-20-5-2-6-21-54)73(69(65)48-57)55-22-7-3-8-23-55/h2-49H,1H3. The number of hydrogen-bond acceptors (Lipinski definition) is 1. The summed E-state index contributed by atoms with van der Waals surface area (Å²) in [5.41, 5.74) is 21.5. The smallest absolute Gasteiger partial charge is 0.0467 e. The largest absolute Gasteiger partial charge is 0.310 e. The Morgan fingerprint density at radius 3 is 1.48 bits per heavy atom. The molecule has 1 unspecified atom stereocenters. The van der Waals surface area contributed by atoms with Gasteiger partial charge in [-0.2, -0.15) is 0 Å². The molecule has 0 heterocycles. The van der Waals surface area contributed by atoms with Gasteiger partial charge in [0.05, 0.1) is 0 Å². The van der Waals surface area contributed by atoms with E-state index in [1.807, 2.05) is 0 Å². The zero-order valence-electron chi connectivity index (χ0n) is 41.7. The van der Waals surface area contributed by atoms with Gasteiger partial charge in [0.2, 0.25) is 0 Å². The second-order valence-electron chi connectivity index (χ2n) is 20.1. The van der Waals surface area contributed by atoms with Crippen molar-refractivity contribution in [2.45, 2.75) is 12.3 Å². The van der Waals surface area contributed by atoms with Gasteiger partial charge in [0.25, 0.3) is 0 Å². The van der Waals surface area contributed by atoms with Crippen LogP contribution in [0.15, 0.2) is 291 Å². The zero-order valence-corrected chi connectivity index (χ0v) is 41.7. The lowest BCUT2D eigenvalue weighted by atomic mass is 9.74. The summed E-state index contributed by atoms with van der Waals surface area (Å²) in [6.45, 7) is 2.40. The molecular weight excluding hydrogens is 903 g/mol. The minimum Gasteiger partial charge on any atom is -0.310 e. The lowest BCUT2D eigenvalue weighted by Gasteiger charge is -2.31. The number of hydrogen-bond donors (Lipinski definition) is 0. The van der Waals surface area contributed by atoms with Crippen LogP contribution in [0.2, 0.25) is 0 Å². The zero-order chi connectivity index (χ0) is 49.9. The number of rotatable bonds is 9. The molecule has 75 heavy (non-hydrogen) atoms. The maximum Gasteiger partial charge on any atom is 0.0467 e. The van der Waals surface area contributed by atoms with Gasteiger partial charge in [-0.25, -0.2) is 0 Å². The Kier molecular flexibility index (Phi) is 10.7. The first-order chi connectivity index (χ1) is 37.1. The fourth-order valence-electron chi connectivity index (χ4n) is 12.3. The van der Waals surface area contributed by atoms with Crippen molar-refractivity contribution in [3.63, 3.8) is 0 Å². The molecule has 0 aliphatic heterocycles. The van der Waals surface area contributed by atoms with E-state index in [9.17, 15) is 0 Å². The molecule has 0 fully saturated rings. The van der Waals surface area contributed by atoms with Gasteiger partial charge in [0, 0.05) is 22.5 Å². The van der Waals surface area contributed by atoms with Crippen molar-refractivity contribution in [2.24, 2.45) is 0 Å². The van der Waals surface area contributed by atoms with E-state index in [2.05, 4.69) is 303 Å². The first-order valence-electron chi connectivity index (χ1n) is 26.1. The Balaban J connectivity index is 0.919. The highest BCUT2D eigenvalue weighted by Gasteiger charge is 2.41. The molecule has 1 heteroatoms. The Morgan fingerprint density at radius 1 is 0.253 bits per heavy atom. The van der Waals surface area contributed by atoms with Crippen molar-refractivity contribution in [3.8, 4) is 66.8 Å². The minimum absolute atomic E-state index is 0.344. The highest BCUT2D eigenvalue weighted by Crippen LogP contribution is 2.54. The third kappa shape index (κ3) is 7.47. The van der Waals surface area contributed by atoms with Gasteiger partial charge in [0.15, 0.2) is 0 Å². The highest BCUT2D eigenvalue weighted by molar-refractivity contribution is 6.22. The Morgan fingerprint density at radius 2 is 0.733 bits per heavy atom. The van der Waals surface area contributed by atoms with Gasteiger partial charge in [-0.15, -0.1) is 0 Å². The summed E-state index contributed by atoms with van der Waals surface area (Å²) in [7, 11) is 0. The van der Waals surface area contributed by atoms with Crippen molar-refractivity contribution in [1.82, 2.24) is 0 Å². The maximum atomic E-state index is 2.45. The van der Waals surface area contributed by atoms with Gasteiger partial charge in [-0.3, -0.25) is 0 Å². The third-order valence-electron chi connectivity index (χ3n) is 15.9. The van der Waals surface area contributed by atoms with Gasteiger partial charge in [-0.1, -0.05) is 249 Å². The molecule has 352 valence electrons. The molecule has 1 atom stereocenters.